The van der Waals surface area contributed by atoms with E-state index in [1.807, 2.05) is 0 Å². The van der Waals surface area contributed by atoms with Crippen molar-refractivity contribution < 1.29 is 13.9 Å². The second-order valence-corrected chi connectivity index (χ2v) is 5.08. The monoisotopic (exact) mass is 228 g/mol. The molecule has 1 rings (SSSR count). The minimum absolute atomic E-state index is 0.183. The Bertz CT molecular complexity index is 319. The number of alkyl halides is 1. The van der Waals surface area contributed by atoms with Crippen molar-refractivity contribution in [3.05, 3.63) is 0 Å². The Hall–Kier alpha value is -1.31. The molecule has 1 aliphatic heterocycles. The molecule has 1 heterocycles. The van der Waals surface area contributed by atoms with E-state index in [2.05, 4.69) is 0 Å². The van der Waals surface area contributed by atoms with E-state index in [-0.39, 0.29) is 13.0 Å². The molecule has 4 nitrogen and oxygen atoms in total. The summed E-state index contributed by atoms with van der Waals surface area (Å²) in [6.45, 7) is 5.51. The van der Waals surface area contributed by atoms with Gasteiger partial charge < -0.3 is 9.64 Å². The molecule has 0 bridgehead atoms. The van der Waals surface area contributed by atoms with Gasteiger partial charge in [-0.2, -0.15) is 5.26 Å². The van der Waals surface area contributed by atoms with Crippen LogP contribution >= 0.6 is 0 Å². The summed E-state index contributed by atoms with van der Waals surface area (Å²) in [7, 11) is 0. The van der Waals surface area contributed by atoms with Crippen LogP contribution in [-0.4, -0.2) is 35.4 Å². The molecule has 0 N–H and O–H groups in total. The van der Waals surface area contributed by atoms with Crippen molar-refractivity contribution in [3.63, 3.8) is 0 Å². The first-order valence-electron chi connectivity index (χ1n) is 5.34. The highest BCUT2D eigenvalue weighted by Crippen LogP contribution is 2.25. The molecule has 1 atom stereocenters. The third-order valence-electron chi connectivity index (χ3n) is 2.29. The van der Waals surface area contributed by atoms with Gasteiger partial charge in [-0.05, 0) is 33.6 Å². The Balaban J connectivity index is 2.62. The molecule has 0 spiro atoms. The lowest BCUT2D eigenvalue weighted by molar-refractivity contribution is 0.00591. The number of hydrogen-bond donors (Lipinski definition) is 0. The number of likely N-dealkylation sites (tertiary alicyclic amines) is 1. The lowest BCUT2D eigenvalue weighted by Crippen LogP contribution is -2.48. The molecule has 1 fully saturated rings. The maximum Gasteiger partial charge on any atom is 0.410 e. The number of ether oxygens (including phenoxy) is 1. The standard InChI is InChI=1S/C11H17FN2O2/c1-10(2,3)16-9(15)14-6-4-5-11(12,7-13)8-14/h4-6,8H2,1-3H3/t11-/m1/s1. The summed E-state index contributed by atoms with van der Waals surface area (Å²) in [6, 6.07) is 1.61. The van der Waals surface area contributed by atoms with Gasteiger partial charge in [0.1, 0.15) is 11.7 Å². The predicted octanol–water partition coefficient (Wildman–Crippen LogP) is 2.25. The van der Waals surface area contributed by atoms with Gasteiger partial charge in [-0.1, -0.05) is 0 Å². The van der Waals surface area contributed by atoms with Crippen molar-refractivity contribution in [1.29, 1.82) is 5.26 Å². The minimum Gasteiger partial charge on any atom is -0.444 e. The average Bonchev–Trinajstić information content (AvgIpc) is 2.15. The van der Waals surface area contributed by atoms with Gasteiger partial charge in [0.2, 0.25) is 5.67 Å². The zero-order valence-corrected chi connectivity index (χ0v) is 9.92. The first kappa shape index (κ1) is 12.8. The smallest absolute Gasteiger partial charge is 0.410 e. The Morgan fingerprint density at radius 2 is 2.19 bits per heavy atom. The molecule has 0 radical (unpaired) electrons. The number of hydrogen-bond acceptors (Lipinski definition) is 3. The zero-order chi connectivity index (χ0) is 12.4. The van der Waals surface area contributed by atoms with Crippen LogP contribution in [0.2, 0.25) is 0 Å². The highest BCUT2D eigenvalue weighted by atomic mass is 19.1. The number of amides is 1. The van der Waals surface area contributed by atoms with Crippen LogP contribution in [0.25, 0.3) is 0 Å². The average molecular weight is 228 g/mol. The molecule has 1 saturated heterocycles. The number of carbonyl (C=O) groups is 1. The summed E-state index contributed by atoms with van der Waals surface area (Å²) in [5.41, 5.74) is -2.52. The van der Waals surface area contributed by atoms with E-state index in [1.54, 1.807) is 26.8 Å². The van der Waals surface area contributed by atoms with E-state index in [1.165, 1.54) is 4.90 Å². The van der Waals surface area contributed by atoms with Crippen molar-refractivity contribution in [2.24, 2.45) is 0 Å². The SMILES string of the molecule is CC(C)(C)OC(=O)N1CCC[C@@](F)(C#N)C1. The maximum atomic E-state index is 13.7. The minimum atomic E-state index is -1.92. The lowest BCUT2D eigenvalue weighted by Gasteiger charge is -2.34. The van der Waals surface area contributed by atoms with Gasteiger partial charge in [0.05, 0.1) is 6.54 Å². The van der Waals surface area contributed by atoms with Gasteiger partial charge in [-0.25, -0.2) is 9.18 Å². The molecule has 0 aromatic heterocycles. The molecule has 0 aromatic rings. The highest BCUT2D eigenvalue weighted by molar-refractivity contribution is 5.68. The number of rotatable bonds is 0. The molecule has 0 aliphatic carbocycles. The van der Waals surface area contributed by atoms with Crippen LogP contribution in [0.4, 0.5) is 9.18 Å². The van der Waals surface area contributed by atoms with Crippen molar-refractivity contribution in [1.82, 2.24) is 4.90 Å². The van der Waals surface area contributed by atoms with E-state index < -0.39 is 17.4 Å². The molecule has 90 valence electrons. The fourth-order valence-electron chi connectivity index (χ4n) is 1.58. The second kappa shape index (κ2) is 4.28. The van der Waals surface area contributed by atoms with Crippen molar-refractivity contribution in [2.75, 3.05) is 13.1 Å². The van der Waals surface area contributed by atoms with Crippen LogP contribution in [0.5, 0.6) is 0 Å². The maximum absolute atomic E-state index is 13.7. The van der Waals surface area contributed by atoms with Crippen molar-refractivity contribution in [3.8, 4) is 6.07 Å². The Morgan fingerprint density at radius 3 is 2.69 bits per heavy atom. The van der Waals surface area contributed by atoms with Crippen LogP contribution in [0.1, 0.15) is 33.6 Å². The lowest BCUT2D eigenvalue weighted by atomic mass is 9.97. The van der Waals surface area contributed by atoms with Gasteiger partial charge >= 0.3 is 6.09 Å². The summed E-state index contributed by atoms with van der Waals surface area (Å²) >= 11 is 0. The van der Waals surface area contributed by atoms with Gasteiger partial charge in [-0.3, -0.25) is 0 Å². The van der Waals surface area contributed by atoms with Crippen LogP contribution in [-0.2, 0) is 4.74 Å². The highest BCUT2D eigenvalue weighted by Gasteiger charge is 2.38. The molecule has 0 saturated carbocycles. The normalized spacial score (nSPS) is 26.1. The number of piperidine rings is 1. The van der Waals surface area contributed by atoms with Gasteiger partial charge in [0.25, 0.3) is 0 Å². The Morgan fingerprint density at radius 1 is 1.56 bits per heavy atom. The summed E-state index contributed by atoms with van der Waals surface area (Å²) < 4.78 is 18.9. The summed E-state index contributed by atoms with van der Waals surface area (Å²) in [5, 5.41) is 8.68. The van der Waals surface area contributed by atoms with Crippen LogP contribution in [0.3, 0.4) is 0 Å². The molecule has 1 amide bonds. The molecular weight excluding hydrogens is 211 g/mol. The fraction of sp³-hybridized carbons (Fsp3) is 0.818. The number of carbonyl (C=O) groups excluding carboxylic acids is 1. The quantitative estimate of drug-likeness (QED) is 0.639. The van der Waals surface area contributed by atoms with Gasteiger partial charge in [-0.15, -0.1) is 0 Å². The number of nitrogens with zero attached hydrogens (tertiary/aromatic N) is 2. The van der Waals surface area contributed by atoms with Gasteiger partial charge in [0.15, 0.2) is 0 Å². The molecule has 0 unspecified atom stereocenters. The Kier molecular flexibility index (Phi) is 3.41. The second-order valence-electron chi connectivity index (χ2n) is 5.08. The summed E-state index contributed by atoms with van der Waals surface area (Å²) in [6.07, 6.45) is 0.121. The van der Waals surface area contributed by atoms with Crippen molar-refractivity contribution in [2.45, 2.75) is 44.9 Å². The van der Waals surface area contributed by atoms with Crippen LogP contribution in [0, 0.1) is 11.3 Å². The van der Waals surface area contributed by atoms with Crippen molar-refractivity contribution >= 4 is 6.09 Å². The summed E-state index contributed by atoms with van der Waals surface area (Å²) in [4.78, 5) is 12.9. The van der Waals surface area contributed by atoms with E-state index in [0.717, 1.165) is 0 Å². The molecular formula is C11H17FN2O2. The van der Waals surface area contributed by atoms with Gasteiger partial charge in [0, 0.05) is 6.54 Å². The largest absolute Gasteiger partial charge is 0.444 e. The van der Waals surface area contributed by atoms with Crippen LogP contribution < -0.4 is 0 Å². The molecule has 16 heavy (non-hydrogen) atoms. The topological polar surface area (TPSA) is 53.3 Å². The molecule has 1 aliphatic rings. The first-order chi connectivity index (χ1) is 7.26. The number of halogens is 1. The third-order valence-corrected chi connectivity index (χ3v) is 2.29. The van der Waals surface area contributed by atoms with Crippen LogP contribution in [0.15, 0.2) is 0 Å². The fourth-order valence-corrected chi connectivity index (χ4v) is 1.58. The first-order valence-corrected chi connectivity index (χ1v) is 5.34. The Labute approximate surface area is 95.0 Å². The zero-order valence-electron chi connectivity index (χ0n) is 9.92. The van der Waals surface area contributed by atoms with E-state index in [0.29, 0.717) is 13.0 Å². The predicted molar refractivity (Wildman–Crippen MR) is 56.5 cm³/mol. The molecule has 5 heteroatoms. The third kappa shape index (κ3) is 3.37. The molecule has 0 aromatic carbocycles. The van der Waals surface area contributed by atoms with E-state index in [9.17, 15) is 9.18 Å². The summed E-state index contributed by atoms with van der Waals surface area (Å²) in [5.74, 6) is 0. The van der Waals surface area contributed by atoms with E-state index >= 15 is 0 Å². The number of nitriles is 1. The van der Waals surface area contributed by atoms with E-state index in [4.69, 9.17) is 10.00 Å².